The number of aromatic nitrogens is 2. The Morgan fingerprint density at radius 2 is 1.96 bits per heavy atom. The molecule has 1 heterocycles. The maximum Gasteiger partial charge on any atom is 0.338 e. The van der Waals surface area contributed by atoms with Gasteiger partial charge in [0, 0.05) is 25.7 Å². The number of amides is 1. The molecule has 0 bridgehead atoms. The summed E-state index contributed by atoms with van der Waals surface area (Å²) in [5.74, 6) is -0.680. The minimum atomic E-state index is -0.480. The Balaban J connectivity index is 0.00000364. The van der Waals surface area contributed by atoms with Crippen LogP contribution in [0.25, 0.3) is 0 Å². The van der Waals surface area contributed by atoms with E-state index in [0.29, 0.717) is 18.7 Å². The SMILES string of the molecule is CCOC(=O)c1ccc(NCCN(C(C)=O)c2cnc(N)[nH]c2=O)cc1.Cl. The molecule has 146 valence electrons. The van der Waals surface area contributed by atoms with Crippen LogP contribution in [0.15, 0.2) is 35.3 Å². The number of carbonyl (C=O) groups is 2. The molecule has 0 unspecified atom stereocenters. The van der Waals surface area contributed by atoms with Crippen molar-refractivity contribution in [3.8, 4) is 0 Å². The number of aromatic amines is 1. The van der Waals surface area contributed by atoms with Crippen LogP contribution in [0.5, 0.6) is 0 Å². The molecule has 0 saturated heterocycles. The highest BCUT2D eigenvalue weighted by Crippen LogP contribution is 2.11. The molecule has 0 spiro atoms. The van der Waals surface area contributed by atoms with Crippen LogP contribution >= 0.6 is 12.4 Å². The van der Waals surface area contributed by atoms with Gasteiger partial charge < -0.3 is 20.7 Å². The molecule has 0 aliphatic heterocycles. The number of carbonyl (C=O) groups excluding carboxylic acids is 2. The monoisotopic (exact) mass is 395 g/mol. The Labute approximate surface area is 162 Å². The lowest BCUT2D eigenvalue weighted by atomic mass is 10.2. The molecular formula is C17H22ClN5O4. The molecule has 0 atom stereocenters. The second-order valence-corrected chi connectivity index (χ2v) is 5.38. The van der Waals surface area contributed by atoms with Crippen LogP contribution in [0.3, 0.4) is 0 Å². The molecule has 10 heteroatoms. The second-order valence-electron chi connectivity index (χ2n) is 5.38. The van der Waals surface area contributed by atoms with Gasteiger partial charge in [-0.05, 0) is 31.2 Å². The average Bonchev–Trinajstić information content (AvgIpc) is 2.60. The summed E-state index contributed by atoms with van der Waals surface area (Å²) in [5, 5.41) is 3.13. The van der Waals surface area contributed by atoms with Gasteiger partial charge in [0.2, 0.25) is 5.91 Å². The first-order valence-corrected chi connectivity index (χ1v) is 8.06. The van der Waals surface area contributed by atoms with E-state index in [1.165, 1.54) is 18.0 Å². The summed E-state index contributed by atoms with van der Waals surface area (Å²) in [5.41, 5.74) is 6.30. The lowest BCUT2D eigenvalue weighted by molar-refractivity contribution is -0.116. The topological polar surface area (TPSA) is 130 Å². The average molecular weight is 396 g/mol. The van der Waals surface area contributed by atoms with Crippen LogP contribution in [-0.4, -0.2) is 41.5 Å². The Morgan fingerprint density at radius 3 is 2.52 bits per heavy atom. The van der Waals surface area contributed by atoms with Gasteiger partial charge in [-0.1, -0.05) is 0 Å². The Morgan fingerprint density at radius 1 is 1.30 bits per heavy atom. The molecule has 2 aromatic rings. The highest BCUT2D eigenvalue weighted by Gasteiger charge is 2.15. The van der Waals surface area contributed by atoms with Crippen LogP contribution < -0.4 is 21.5 Å². The van der Waals surface area contributed by atoms with E-state index in [0.717, 1.165) is 5.69 Å². The number of nitrogen functional groups attached to an aromatic ring is 1. The number of nitrogens with two attached hydrogens (primary N) is 1. The highest BCUT2D eigenvalue weighted by atomic mass is 35.5. The van der Waals surface area contributed by atoms with E-state index in [2.05, 4.69) is 15.3 Å². The quantitative estimate of drug-likeness (QED) is 0.604. The standard InChI is InChI=1S/C17H21N5O4.ClH/c1-3-26-16(25)12-4-6-13(7-5-12)19-8-9-22(11(2)23)14-10-20-17(18)21-15(14)24;/h4-7,10,19H,3,8-9H2,1-2H3,(H3,18,20,21,24);1H. The minimum Gasteiger partial charge on any atom is -0.462 e. The molecule has 0 fully saturated rings. The predicted molar refractivity (Wildman–Crippen MR) is 105 cm³/mol. The fourth-order valence-corrected chi connectivity index (χ4v) is 2.29. The number of nitrogens with zero attached hydrogens (tertiary/aromatic N) is 2. The van der Waals surface area contributed by atoms with Crippen molar-refractivity contribution in [2.45, 2.75) is 13.8 Å². The summed E-state index contributed by atoms with van der Waals surface area (Å²) in [6.45, 7) is 4.07. The van der Waals surface area contributed by atoms with Crippen molar-refractivity contribution in [2.24, 2.45) is 0 Å². The van der Waals surface area contributed by atoms with E-state index in [-0.39, 0.29) is 42.5 Å². The third-order valence-corrected chi connectivity index (χ3v) is 3.53. The maximum absolute atomic E-state index is 11.9. The van der Waals surface area contributed by atoms with Crippen LogP contribution in [-0.2, 0) is 9.53 Å². The third kappa shape index (κ3) is 6.00. The van der Waals surface area contributed by atoms with Crippen molar-refractivity contribution in [1.82, 2.24) is 9.97 Å². The summed E-state index contributed by atoms with van der Waals surface area (Å²) in [7, 11) is 0. The van der Waals surface area contributed by atoms with Gasteiger partial charge in [-0.3, -0.25) is 14.6 Å². The number of benzene rings is 1. The van der Waals surface area contributed by atoms with Crippen molar-refractivity contribution in [3.63, 3.8) is 0 Å². The van der Waals surface area contributed by atoms with E-state index in [9.17, 15) is 14.4 Å². The molecule has 0 aliphatic rings. The molecule has 4 N–H and O–H groups in total. The summed E-state index contributed by atoms with van der Waals surface area (Å²) >= 11 is 0. The molecule has 27 heavy (non-hydrogen) atoms. The summed E-state index contributed by atoms with van der Waals surface area (Å²) in [4.78, 5) is 42.9. The summed E-state index contributed by atoms with van der Waals surface area (Å²) in [6.07, 6.45) is 1.27. The van der Waals surface area contributed by atoms with Crippen LogP contribution in [0, 0.1) is 0 Å². The number of H-pyrrole nitrogens is 1. The highest BCUT2D eigenvalue weighted by molar-refractivity contribution is 5.91. The number of halogens is 1. The number of nitrogens with one attached hydrogen (secondary N) is 2. The van der Waals surface area contributed by atoms with Gasteiger partial charge in [-0.2, -0.15) is 0 Å². The predicted octanol–water partition coefficient (Wildman–Crippen LogP) is 1.42. The lowest BCUT2D eigenvalue weighted by Gasteiger charge is -2.20. The second kappa shape index (κ2) is 10.2. The van der Waals surface area contributed by atoms with Gasteiger partial charge in [0.05, 0.1) is 18.4 Å². The number of rotatable bonds is 7. The van der Waals surface area contributed by atoms with E-state index in [4.69, 9.17) is 10.5 Å². The molecule has 1 aromatic carbocycles. The van der Waals surface area contributed by atoms with Crippen molar-refractivity contribution >= 4 is 41.6 Å². The van der Waals surface area contributed by atoms with Crippen molar-refractivity contribution in [2.75, 3.05) is 35.6 Å². The smallest absolute Gasteiger partial charge is 0.338 e. The molecule has 9 nitrogen and oxygen atoms in total. The number of anilines is 3. The van der Waals surface area contributed by atoms with Crippen molar-refractivity contribution in [3.05, 3.63) is 46.4 Å². The van der Waals surface area contributed by atoms with Gasteiger partial charge in [-0.25, -0.2) is 9.78 Å². The Kier molecular flexibility index (Phi) is 8.28. The zero-order valence-electron chi connectivity index (χ0n) is 15.0. The van der Waals surface area contributed by atoms with Crippen molar-refractivity contribution < 1.29 is 14.3 Å². The van der Waals surface area contributed by atoms with Crippen LogP contribution in [0.2, 0.25) is 0 Å². The molecule has 1 aromatic heterocycles. The number of hydrogen-bond acceptors (Lipinski definition) is 7. The summed E-state index contributed by atoms with van der Waals surface area (Å²) < 4.78 is 4.92. The molecular weight excluding hydrogens is 374 g/mol. The summed E-state index contributed by atoms with van der Waals surface area (Å²) in [6, 6.07) is 6.78. The minimum absolute atomic E-state index is 0. The molecule has 0 aliphatic carbocycles. The molecule has 1 amide bonds. The first-order chi connectivity index (χ1) is 12.4. The first-order valence-electron chi connectivity index (χ1n) is 8.06. The van der Waals surface area contributed by atoms with Crippen molar-refractivity contribution in [1.29, 1.82) is 0 Å². The molecule has 0 saturated carbocycles. The number of ether oxygens (including phenoxy) is 1. The van der Waals surface area contributed by atoms with Crippen LogP contribution in [0.1, 0.15) is 24.2 Å². The van der Waals surface area contributed by atoms with E-state index in [1.54, 1.807) is 31.2 Å². The molecule has 0 radical (unpaired) electrons. The van der Waals surface area contributed by atoms with Gasteiger partial charge in [0.15, 0.2) is 5.95 Å². The Hall–Kier alpha value is -3.07. The number of esters is 1. The zero-order valence-corrected chi connectivity index (χ0v) is 15.8. The fraction of sp³-hybridized carbons (Fsp3) is 0.294. The van der Waals surface area contributed by atoms with E-state index < -0.39 is 5.56 Å². The normalized spacial score (nSPS) is 9.85. The maximum atomic E-state index is 11.9. The number of hydrogen-bond donors (Lipinski definition) is 3. The van der Waals surface area contributed by atoms with Crippen LogP contribution in [0.4, 0.5) is 17.3 Å². The van der Waals surface area contributed by atoms with Gasteiger partial charge >= 0.3 is 5.97 Å². The first kappa shape index (κ1) is 22.0. The van der Waals surface area contributed by atoms with E-state index >= 15 is 0 Å². The van der Waals surface area contributed by atoms with E-state index in [1.807, 2.05) is 0 Å². The van der Waals surface area contributed by atoms with Gasteiger partial charge in [-0.15, -0.1) is 12.4 Å². The zero-order chi connectivity index (χ0) is 19.1. The largest absolute Gasteiger partial charge is 0.462 e. The lowest BCUT2D eigenvalue weighted by Crippen LogP contribution is -2.37. The Bertz CT molecular complexity index is 838. The van der Waals surface area contributed by atoms with Gasteiger partial charge in [0.1, 0.15) is 5.69 Å². The fourth-order valence-electron chi connectivity index (χ4n) is 2.29. The molecule has 2 rings (SSSR count). The third-order valence-electron chi connectivity index (χ3n) is 3.53. The van der Waals surface area contributed by atoms with Gasteiger partial charge in [0.25, 0.3) is 5.56 Å².